The van der Waals surface area contributed by atoms with Gasteiger partial charge in [-0.3, -0.25) is 4.79 Å². The van der Waals surface area contributed by atoms with Crippen molar-refractivity contribution in [3.05, 3.63) is 0 Å². The number of hydrogen-bond acceptors (Lipinski definition) is 3. The molecule has 0 radical (unpaired) electrons. The van der Waals surface area contributed by atoms with Crippen LogP contribution in [0.5, 0.6) is 0 Å². The molecule has 2 atom stereocenters. The van der Waals surface area contributed by atoms with E-state index in [2.05, 4.69) is 4.52 Å². The minimum atomic E-state index is -0.989. The summed E-state index contributed by atoms with van der Waals surface area (Å²) in [6.07, 6.45) is 0.346. The van der Waals surface area contributed by atoms with Crippen molar-refractivity contribution in [1.29, 1.82) is 0 Å². The van der Waals surface area contributed by atoms with Crippen LogP contribution >= 0.6 is 9.47 Å². The number of carbonyl (C=O) groups is 1. The van der Waals surface area contributed by atoms with Crippen molar-refractivity contribution in [3.63, 3.8) is 0 Å². The summed E-state index contributed by atoms with van der Waals surface area (Å²) >= 11 is 0. The Labute approximate surface area is 55.7 Å². The molecule has 0 heterocycles. The lowest BCUT2D eigenvalue weighted by molar-refractivity contribution is -0.138. The summed E-state index contributed by atoms with van der Waals surface area (Å²) in [6, 6.07) is -0.800. The number of nitrogens with two attached hydrogens (primary N) is 1. The number of rotatable bonds is 4. The maximum absolute atomic E-state index is 10.0. The van der Waals surface area contributed by atoms with E-state index in [4.69, 9.17) is 10.8 Å². The molecule has 0 bridgehead atoms. The molecule has 0 aliphatic carbocycles. The zero-order valence-electron chi connectivity index (χ0n) is 4.91. The minimum absolute atomic E-state index is 0.346. The van der Waals surface area contributed by atoms with Crippen molar-refractivity contribution in [3.8, 4) is 0 Å². The molecule has 0 aromatic rings. The zero-order chi connectivity index (χ0) is 7.28. The van der Waals surface area contributed by atoms with E-state index in [9.17, 15) is 4.79 Å². The second-order valence-electron chi connectivity index (χ2n) is 1.60. The lowest BCUT2D eigenvalue weighted by Gasteiger charge is -2.02. The summed E-state index contributed by atoms with van der Waals surface area (Å²) in [5.74, 6) is -0.989. The third-order valence-electron chi connectivity index (χ3n) is 0.864. The highest BCUT2D eigenvalue weighted by atomic mass is 31.0. The van der Waals surface area contributed by atoms with Crippen LogP contribution in [0, 0.1) is 0 Å². The van der Waals surface area contributed by atoms with Crippen molar-refractivity contribution in [1.82, 2.24) is 0 Å². The summed E-state index contributed by atoms with van der Waals surface area (Å²) in [6.45, 7) is 0.359. The van der Waals surface area contributed by atoms with E-state index < -0.39 is 12.0 Å². The van der Waals surface area contributed by atoms with Gasteiger partial charge in [-0.25, -0.2) is 0 Å². The predicted molar refractivity (Wildman–Crippen MR) is 35.9 cm³/mol. The molecule has 3 N–H and O–H groups in total. The van der Waals surface area contributed by atoms with Crippen LogP contribution in [0.2, 0.25) is 0 Å². The van der Waals surface area contributed by atoms with Crippen LogP contribution in [0.25, 0.3) is 0 Å². The van der Waals surface area contributed by atoms with Crippen LogP contribution in [0.3, 0.4) is 0 Å². The lowest BCUT2D eigenvalue weighted by atomic mass is 10.2. The summed E-state index contributed by atoms with van der Waals surface area (Å²) in [4.78, 5) is 10.0. The summed E-state index contributed by atoms with van der Waals surface area (Å²) in [7, 11) is 2.03. The Hall–Kier alpha value is -0.180. The number of carboxylic acid groups (broad SMARTS) is 1. The zero-order valence-corrected chi connectivity index (χ0v) is 6.06. The Morgan fingerprint density at radius 3 is 2.78 bits per heavy atom. The first-order valence-corrected chi connectivity index (χ1v) is 2.95. The largest absolute Gasteiger partial charge is 0.480 e. The molecule has 0 fully saturated rings. The lowest BCUT2D eigenvalue weighted by Crippen LogP contribution is -2.30. The second-order valence-corrected chi connectivity index (χ2v) is 1.94. The van der Waals surface area contributed by atoms with Crippen molar-refractivity contribution < 1.29 is 14.4 Å². The average molecular weight is 151 g/mol. The van der Waals surface area contributed by atoms with Crippen molar-refractivity contribution in [2.75, 3.05) is 6.61 Å². The first-order valence-electron chi connectivity index (χ1n) is 2.48. The van der Waals surface area contributed by atoms with Crippen LogP contribution in [0.4, 0.5) is 0 Å². The predicted octanol–water partition coefficient (Wildman–Crippen LogP) is -0.405. The van der Waals surface area contributed by atoms with Gasteiger partial charge in [-0.15, -0.1) is 0 Å². The Bertz CT molecular complexity index is 97.8. The SMILES string of the molecule is N[C@@H](CCOP)C(=O)O. The Morgan fingerprint density at radius 1 is 1.89 bits per heavy atom. The molecular weight excluding hydrogens is 141 g/mol. The van der Waals surface area contributed by atoms with E-state index in [-0.39, 0.29) is 0 Å². The second kappa shape index (κ2) is 4.68. The summed E-state index contributed by atoms with van der Waals surface area (Å²) in [5, 5.41) is 8.22. The highest BCUT2D eigenvalue weighted by Crippen LogP contribution is 1.92. The molecular formula is C4H10NO3P. The molecule has 0 rings (SSSR count). The van der Waals surface area contributed by atoms with Gasteiger partial charge in [0.25, 0.3) is 0 Å². The molecule has 1 unspecified atom stereocenters. The number of hydrogen-bond donors (Lipinski definition) is 2. The Balaban J connectivity index is 3.27. The Kier molecular flexibility index (Phi) is 4.58. The van der Waals surface area contributed by atoms with Crippen molar-refractivity contribution in [2.24, 2.45) is 5.73 Å². The van der Waals surface area contributed by atoms with Gasteiger partial charge in [-0.2, -0.15) is 0 Å². The van der Waals surface area contributed by atoms with Gasteiger partial charge in [0.2, 0.25) is 0 Å². The van der Waals surface area contributed by atoms with E-state index in [0.717, 1.165) is 0 Å². The first-order chi connectivity index (χ1) is 4.18. The van der Waals surface area contributed by atoms with E-state index in [1.807, 2.05) is 9.47 Å². The van der Waals surface area contributed by atoms with Gasteiger partial charge >= 0.3 is 5.97 Å². The monoisotopic (exact) mass is 151 g/mol. The standard InChI is InChI=1S/C4H10NO3P/c5-3(4(6)7)1-2-8-9/h3H,1-2,5,9H2,(H,6,7)/t3-/m0/s1. The van der Waals surface area contributed by atoms with Gasteiger partial charge in [0.05, 0.1) is 6.61 Å². The average Bonchev–Trinajstić information content (AvgIpc) is 1.82. The molecule has 0 amide bonds. The fourth-order valence-electron chi connectivity index (χ4n) is 0.318. The number of aliphatic carboxylic acids is 1. The van der Waals surface area contributed by atoms with Gasteiger partial charge in [-0.1, -0.05) is 0 Å². The topological polar surface area (TPSA) is 72.5 Å². The number of carboxylic acids is 1. The quantitative estimate of drug-likeness (QED) is 0.536. The first kappa shape index (κ1) is 8.82. The summed E-state index contributed by atoms with van der Waals surface area (Å²) < 4.78 is 4.54. The van der Waals surface area contributed by atoms with Gasteiger partial charge in [0.1, 0.15) is 6.04 Å². The van der Waals surface area contributed by atoms with Crippen molar-refractivity contribution in [2.45, 2.75) is 12.5 Å². The molecule has 0 aliphatic heterocycles. The molecule has 4 nitrogen and oxygen atoms in total. The molecule has 54 valence electrons. The molecule has 0 saturated carbocycles. The highest BCUT2D eigenvalue weighted by Gasteiger charge is 2.09. The van der Waals surface area contributed by atoms with Gasteiger partial charge in [0.15, 0.2) is 0 Å². The maximum atomic E-state index is 10.0. The molecule has 0 aromatic heterocycles. The fourth-order valence-corrected chi connectivity index (χ4v) is 0.455. The third-order valence-corrected chi connectivity index (χ3v) is 1.10. The molecule has 5 heteroatoms. The fraction of sp³-hybridized carbons (Fsp3) is 0.750. The normalized spacial score (nSPS) is 13.1. The molecule has 9 heavy (non-hydrogen) atoms. The van der Waals surface area contributed by atoms with Crippen LogP contribution < -0.4 is 5.73 Å². The van der Waals surface area contributed by atoms with Gasteiger partial charge in [-0.05, 0) is 6.42 Å². The highest BCUT2D eigenvalue weighted by molar-refractivity contribution is 7.09. The van der Waals surface area contributed by atoms with Crippen LogP contribution in [-0.2, 0) is 9.32 Å². The van der Waals surface area contributed by atoms with E-state index in [1.165, 1.54) is 0 Å². The molecule has 0 aromatic carbocycles. The van der Waals surface area contributed by atoms with E-state index in [1.54, 1.807) is 0 Å². The van der Waals surface area contributed by atoms with Crippen molar-refractivity contribution >= 4 is 15.4 Å². The van der Waals surface area contributed by atoms with E-state index >= 15 is 0 Å². The third kappa shape index (κ3) is 4.33. The van der Waals surface area contributed by atoms with E-state index in [0.29, 0.717) is 13.0 Å². The van der Waals surface area contributed by atoms with Crippen LogP contribution in [0.15, 0.2) is 0 Å². The molecule has 0 spiro atoms. The molecule has 0 aliphatic rings. The van der Waals surface area contributed by atoms with Crippen LogP contribution in [-0.4, -0.2) is 23.7 Å². The Morgan fingerprint density at radius 2 is 2.44 bits per heavy atom. The smallest absolute Gasteiger partial charge is 0.320 e. The minimum Gasteiger partial charge on any atom is -0.480 e. The van der Waals surface area contributed by atoms with Gasteiger partial charge in [0, 0.05) is 9.47 Å². The van der Waals surface area contributed by atoms with Gasteiger partial charge < -0.3 is 15.4 Å². The summed E-state index contributed by atoms with van der Waals surface area (Å²) in [5.41, 5.74) is 5.11. The maximum Gasteiger partial charge on any atom is 0.320 e. The molecule has 0 saturated heterocycles. The van der Waals surface area contributed by atoms with Crippen LogP contribution in [0.1, 0.15) is 6.42 Å².